The molecule has 5 nitrogen and oxygen atoms in total. The molecule has 24 heavy (non-hydrogen) atoms. The summed E-state index contributed by atoms with van der Waals surface area (Å²) in [6, 6.07) is 18.0. The van der Waals surface area contributed by atoms with E-state index in [1.54, 1.807) is 36.4 Å². The quantitative estimate of drug-likeness (QED) is 0.756. The van der Waals surface area contributed by atoms with E-state index in [2.05, 4.69) is 5.32 Å². The lowest BCUT2D eigenvalue weighted by Crippen LogP contribution is -2.34. The minimum Gasteiger partial charge on any atom is -0.461 e. The van der Waals surface area contributed by atoms with Crippen LogP contribution >= 0.6 is 0 Å². The first-order valence-corrected chi connectivity index (χ1v) is 7.91. The van der Waals surface area contributed by atoms with E-state index in [4.69, 9.17) is 4.74 Å². The molecular formula is C19H22N2O3. The lowest BCUT2D eigenvalue weighted by Gasteiger charge is -2.16. The van der Waals surface area contributed by atoms with Crippen molar-refractivity contribution < 1.29 is 14.3 Å². The second kappa shape index (κ2) is 9.47. The van der Waals surface area contributed by atoms with Gasteiger partial charge >= 0.3 is 5.97 Å². The molecule has 2 rings (SSSR count). The predicted molar refractivity (Wildman–Crippen MR) is 93.0 cm³/mol. The SMILES string of the molecule is CN(CCNC(=O)c1ccccc1)CCOC(=O)c1ccccc1. The highest BCUT2D eigenvalue weighted by Gasteiger charge is 2.07. The minimum atomic E-state index is -0.318. The largest absolute Gasteiger partial charge is 0.461 e. The number of hydrogen-bond acceptors (Lipinski definition) is 4. The Kier molecular flexibility index (Phi) is 6.98. The van der Waals surface area contributed by atoms with E-state index in [0.29, 0.717) is 37.4 Å². The number of benzene rings is 2. The van der Waals surface area contributed by atoms with Gasteiger partial charge in [-0.3, -0.25) is 4.79 Å². The summed E-state index contributed by atoms with van der Waals surface area (Å²) in [7, 11) is 1.92. The maximum atomic E-state index is 11.9. The number of amides is 1. The van der Waals surface area contributed by atoms with Gasteiger partial charge in [-0.25, -0.2) is 4.79 Å². The molecule has 2 aromatic carbocycles. The number of ether oxygens (including phenoxy) is 1. The number of carbonyl (C=O) groups excluding carboxylic acids is 2. The number of likely N-dealkylation sites (N-methyl/N-ethyl adjacent to an activating group) is 1. The van der Waals surface area contributed by atoms with Gasteiger partial charge in [0, 0.05) is 25.2 Å². The third-order valence-corrected chi connectivity index (χ3v) is 3.53. The first-order valence-electron chi connectivity index (χ1n) is 7.91. The molecule has 2 aromatic rings. The summed E-state index contributed by atoms with van der Waals surface area (Å²) in [5.74, 6) is -0.402. The van der Waals surface area contributed by atoms with Crippen LogP contribution in [0.25, 0.3) is 0 Å². The number of esters is 1. The molecule has 0 unspecified atom stereocenters. The van der Waals surface area contributed by atoms with Crippen LogP contribution in [0.3, 0.4) is 0 Å². The number of rotatable bonds is 8. The Hall–Kier alpha value is -2.66. The third kappa shape index (κ3) is 5.85. The van der Waals surface area contributed by atoms with E-state index < -0.39 is 0 Å². The lowest BCUT2D eigenvalue weighted by molar-refractivity contribution is 0.0474. The summed E-state index contributed by atoms with van der Waals surface area (Å²) >= 11 is 0. The molecule has 0 saturated heterocycles. The Morgan fingerprint density at radius 3 is 2.12 bits per heavy atom. The second-order valence-corrected chi connectivity index (χ2v) is 5.43. The summed E-state index contributed by atoms with van der Waals surface area (Å²) in [6.45, 7) is 2.15. The fraction of sp³-hybridized carbons (Fsp3) is 0.263. The smallest absolute Gasteiger partial charge is 0.338 e. The average Bonchev–Trinajstić information content (AvgIpc) is 2.63. The Balaban J connectivity index is 1.61. The van der Waals surface area contributed by atoms with E-state index in [0.717, 1.165) is 0 Å². The normalized spacial score (nSPS) is 10.4. The molecule has 0 heterocycles. The molecule has 5 heteroatoms. The van der Waals surface area contributed by atoms with Crippen molar-refractivity contribution >= 4 is 11.9 Å². The third-order valence-electron chi connectivity index (χ3n) is 3.53. The fourth-order valence-electron chi connectivity index (χ4n) is 2.12. The van der Waals surface area contributed by atoms with E-state index in [1.807, 2.05) is 36.2 Å². The van der Waals surface area contributed by atoms with Crippen molar-refractivity contribution in [3.8, 4) is 0 Å². The Labute approximate surface area is 142 Å². The van der Waals surface area contributed by atoms with Gasteiger partial charge in [0.2, 0.25) is 0 Å². The first kappa shape index (κ1) is 17.7. The second-order valence-electron chi connectivity index (χ2n) is 5.43. The number of carbonyl (C=O) groups is 2. The zero-order valence-electron chi connectivity index (χ0n) is 13.8. The Morgan fingerprint density at radius 1 is 0.917 bits per heavy atom. The van der Waals surface area contributed by atoms with Crippen LogP contribution in [0, 0.1) is 0 Å². The molecule has 0 fully saturated rings. The van der Waals surface area contributed by atoms with Crippen LogP contribution in [0.2, 0.25) is 0 Å². The number of nitrogens with zero attached hydrogens (tertiary/aromatic N) is 1. The van der Waals surface area contributed by atoms with Gasteiger partial charge in [0.25, 0.3) is 5.91 Å². The van der Waals surface area contributed by atoms with Gasteiger partial charge in [-0.15, -0.1) is 0 Å². The molecule has 0 saturated carbocycles. The molecule has 0 aliphatic carbocycles. The molecule has 0 atom stereocenters. The van der Waals surface area contributed by atoms with Gasteiger partial charge in [-0.05, 0) is 31.3 Å². The van der Waals surface area contributed by atoms with Crippen LogP contribution in [0.15, 0.2) is 60.7 Å². The molecule has 126 valence electrons. The molecular weight excluding hydrogens is 304 g/mol. The molecule has 1 N–H and O–H groups in total. The van der Waals surface area contributed by atoms with Crippen molar-refractivity contribution in [3.05, 3.63) is 71.8 Å². The van der Waals surface area contributed by atoms with Crippen LogP contribution in [0.1, 0.15) is 20.7 Å². The summed E-state index contributed by atoms with van der Waals surface area (Å²) < 4.78 is 5.23. The number of hydrogen-bond donors (Lipinski definition) is 1. The highest BCUT2D eigenvalue weighted by Crippen LogP contribution is 2.01. The molecule has 0 aliphatic heterocycles. The van der Waals surface area contributed by atoms with Crippen molar-refractivity contribution in [2.75, 3.05) is 33.3 Å². The van der Waals surface area contributed by atoms with Gasteiger partial charge in [0.05, 0.1) is 5.56 Å². The van der Waals surface area contributed by atoms with Gasteiger partial charge in [0.15, 0.2) is 0 Å². The standard InChI is InChI=1S/C19H22N2O3/c1-21(13-12-20-18(22)16-8-4-2-5-9-16)14-15-24-19(23)17-10-6-3-7-11-17/h2-11H,12-15H2,1H3,(H,20,22). The zero-order valence-corrected chi connectivity index (χ0v) is 13.8. The Morgan fingerprint density at radius 2 is 1.50 bits per heavy atom. The zero-order chi connectivity index (χ0) is 17.2. The van der Waals surface area contributed by atoms with Gasteiger partial charge < -0.3 is 15.0 Å². The topological polar surface area (TPSA) is 58.6 Å². The van der Waals surface area contributed by atoms with E-state index in [1.165, 1.54) is 0 Å². The van der Waals surface area contributed by atoms with Crippen LogP contribution in [-0.4, -0.2) is 50.1 Å². The lowest BCUT2D eigenvalue weighted by atomic mass is 10.2. The first-order chi connectivity index (χ1) is 11.7. The van der Waals surface area contributed by atoms with Crippen molar-refractivity contribution in [3.63, 3.8) is 0 Å². The van der Waals surface area contributed by atoms with Crippen LogP contribution in [0.4, 0.5) is 0 Å². The summed E-state index contributed by atoms with van der Waals surface area (Å²) in [5, 5.41) is 2.87. The minimum absolute atomic E-state index is 0.0838. The average molecular weight is 326 g/mol. The molecule has 0 aliphatic rings. The molecule has 1 amide bonds. The maximum Gasteiger partial charge on any atom is 0.338 e. The number of nitrogens with one attached hydrogen (secondary N) is 1. The van der Waals surface area contributed by atoms with Crippen molar-refractivity contribution in [2.24, 2.45) is 0 Å². The summed E-state index contributed by atoms with van der Waals surface area (Å²) in [4.78, 5) is 25.7. The van der Waals surface area contributed by atoms with Crippen molar-refractivity contribution in [1.82, 2.24) is 10.2 Å². The summed E-state index contributed by atoms with van der Waals surface area (Å²) in [5.41, 5.74) is 1.20. The van der Waals surface area contributed by atoms with E-state index in [-0.39, 0.29) is 11.9 Å². The monoisotopic (exact) mass is 326 g/mol. The molecule has 0 radical (unpaired) electrons. The van der Waals surface area contributed by atoms with E-state index in [9.17, 15) is 9.59 Å². The van der Waals surface area contributed by atoms with Gasteiger partial charge in [0.1, 0.15) is 6.61 Å². The predicted octanol–water partition coefficient (Wildman–Crippen LogP) is 2.21. The van der Waals surface area contributed by atoms with Crippen LogP contribution in [0.5, 0.6) is 0 Å². The van der Waals surface area contributed by atoms with E-state index >= 15 is 0 Å². The van der Waals surface area contributed by atoms with Gasteiger partial charge in [-0.2, -0.15) is 0 Å². The molecule has 0 spiro atoms. The summed E-state index contributed by atoms with van der Waals surface area (Å²) in [6.07, 6.45) is 0. The molecule has 0 aromatic heterocycles. The highest BCUT2D eigenvalue weighted by molar-refractivity contribution is 5.94. The Bertz CT molecular complexity index is 587. The molecule has 0 bridgehead atoms. The highest BCUT2D eigenvalue weighted by atomic mass is 16.5. The van der Waals surface area contributed by atoms with Crippen molar-refractivity contribution in [1.29, 1.82) is 0 Å². The van der Waals surface area contributed by atoms with Crippen LogP contribution in [-0.2, 0) is 4.74 Å². The van der Waals surface area contributed by atoms with Crippen LogP contribution < -0.4 is 5.32 Å². The maximum absolute atomic E-state index is 11.9. The fourth-order valence-corrected chi connectivity index (χ4v) is 2.12. The van der Waals surface area contributed by atoms with Gasteiger partial charge in [-0.1, -0.05) is 36.4 Å². The van der Waals surface area contributed by atoms with Crippen molar-refractivity contribution in [2.45, 2.75) is 0 Å².